The minimum absolute atomic E-state index is 0.143. The Morgan fingerprint density at radius 1 is 1.38 bits per heavy atom. The molecule has 3 aromatic rings. The Bertz CT molecular complexity index is 998. The first kappa shape index (κ1) is 17.7. The monoisotopic (exact) mass is 361 g/mol. The summed E-state index contributed by atoms with van der Waals surface area (Å²) in [5.74, 6) is 0.143. The fourth-order valence-corrected chi connectivity index (χ4v) is 2.51. The van der Waals surface area contributed by atoms with Gasteiger partial charge >= 0.3 is 5.69 Å². The standard InChI is InChI=1S/C16H17F2N7O/c1-2-24-9-11(8-21-24)13-6-12(3-4-20-13)25-14(22-23-16(25)26)5-10(7-19)15(17)18/h3-4,6,8-9H,2,5,7,19H2,1H3,(H,23,26). The van der Waals surface area contributed by atoms with Gasteiger partial charge in [0.25, 0.3) is 6.08 Å². The Morgan fingerprint density at radius 2 is 2.19 bits per heavy atom. The highest BCUT2D eigenvalue weighted by molar-refractivity contribution is 5.59. The zero-order valence-corrected chi connectivity index (χ0v) is 14.0. The number of nitrogens with one attached hydrogen (secondary N) is 1. The minimum Gasteiger partial charge on any atom is -0.327 e. The second kappa shape index (κ2) is 7.40. The van der Waals surface area contributed by atoms with Crippen molar-refractivity contribution in [3.05, 3.63) is 58.7 Å². The van der Waals surface area contributed by atoms with Gasteiger partial charge in [0.1, 0.15) is 5.82 Å². The first-order valence-corrected chi connectivity index (χ1v) is 7.92. The number of pyridine rings is 1. The van der Waals surface area contributed by atoms with Crippen molar-refractivity contribution >= 4 is 0 Å². The van der Waals surface area contributed by atoms with E-state index in [1.807, 2.05) is 13.1 Å². The van der Waals surface area contributed by atoms with E-state index < -0.39 is 11.8 Å². The van der Waals surface area contributed by atoms with E-state index in [9.17, 15) is 13.6 Å². The van der Waals surface area contributed by atoms with Crippen molar-refractivity contribution in [2.45, 2.75) is 19.9 Å². The number of halogens is 2. The average molecular weight is 361 g/mol. The van der Waals surface area contributed by atoms with Crippen LogP contribution in [0.2, 0.25) is 0 Å². The molecular formula is C16H17F2N7O. The third kappa shape index (κ3) is 3.45. The lowest BCUT2D eigenvalue weighted by Gasteiger charge is -2.08. The van der Waals surface area contributed by atoms with Crippen molar-refractivity contribution in [1.82, 2.24) is 29.5 Å². The molecule has 0 atom stereocenters. The van der Waals surface area contributed by atoms with Gasteiger partial charge in [-0.1, -0.05) is 0 Å². The number of hydrogen-bond acceptors (Lipinski definition) is 5. The third-order valence-corrected chi connectivity index (χ3v) is 3.88. The number of rotatable bonds is 6. The number of nitrogens with zero attached hydrogens (tertiary/aromatic N) is 5. The summed E-state index contributed by atoms with van der Waals surface area (Å²) < 4.78 is 28.8. The molecule has 0 aliphatic heterocycles. The highest BCUT2D eigenvalue weighted by atomic mass is 19.3. The van der Waals surface area contributed by atoms with Crippen LogP contribution in [0.25, 0.3) is 16.9 Å². The van der Waals surface area contributed by atoms with Gasteiger partial charge in [0, 0.05) is 43.0 Å². The topological polar surface area (TPSA) is 107 Å². The molecule has 0 unspecified atom stereocenters. The molecular weight excluding hydrogens is 344 g/mol. The number of aryl methyl sites for hydroxylation is 1. The van der Waals surface area contributed by atoms with E-state index in [1.54, 1.807) is 23.0 Å². The maximum Gasteiger partial charge on any atom is 0.347 e. The van der Waals surface area contributed by atoms with Crippen molar-refractivity contribution in [2.75, 3.05) is 6.54 Å². The zero-order valence-electron chi connectivity index (χ0n) is 14.0. The molecule has 3 N–H and O–H groups in total. The Hall–Kier alpha value is -3.14. The van der Waals surface area contributed by atoms with Gasteiger partial charge in [0.05, 0.1) is 17.6 Å². The predicted molar refractivity (Wildman–Crippen MR) is 90.9 cm³/mol. The molecule has 8 nitrogen and oxygen atoms in total. The summed E-state index contributed by atoms with van der Waals surface area (Å²) in [7, 11) is 0. The second-order valence-electron chi connectivity index (χ2n) is 5.51. The highest BCUT2D eigenvalue weighted by Crippen LogP contribution is 2.20. The van der Waals surface area contributed by atoms with Crippen LogP contribution in [0.4, 0.5) is 8.78 Å². The lowest BCUT2D eigenvalue weighted by molar-refractivity contribution is 0.407. The highest BCUT2D eigenvalue weighted by Gasteiger charge is 2.15. The van der Waals surface area contributed by atoms with Gasteiger partial charge < -0.3 is 5.73 Å². The van der Waals surface area contributed by atoms with Crippen molar-refractivity contribution in [2.24, 2.45) is 5.73 Å². The summed E-state index contributed by atoms with van der Waals surface area (Å²) in [6, 6.07) is 3.28. The lowest BCUT2D eigenvalue weighted by Crippen LogP contribution is -2.18. The Labute approximate surface area is 147 Å². The molecule has 26 heavy (non-hydrogen) atoms. The lowest BCUT2D eigenvalue weighted by atomic mass is 10.2. The first-order valence-electron chi connectivity index (χ1n) is 7.92. The van der Waals surface area contributed by atoms with E-state index in [0.29, 0.717) is 17.9 Å². The van der Waals surface area contributed by atoms with Gasteiger partial charge in [-0.05, 0) is 19.1 Å². The first-order chi connectivity index (χ1) is 12.5. The number of hydrogen-bond donors (Lipinski definition) is 2. The van der Waals surface area contributed by atoms with Crippen molar-refractivity contribution < 1.29 is 8.78 Å². The van der Waals surface area contributed by atoms with E-state index in [-0.39, 0.29) is 24.4 Å². The molecule has 3 aromatic heterocycles. The molecule has 3 rings (SSSR count). The summed E-state index contributed by atoms with van der Waals surface area (Å²) in [6.07, 6.45) is 2.94. The van der Waals surface area contributed by atoms with Crippen LogP contribution >= 0.6 is 0 Å². The normalized spacial score (nSPS) is 10.9. The SMILES string of the molecule is CCn1cc(-c2cc(-n3c(CC(CN)=C(F)F)n[nH]c3=O)ccn2)cn1. The fourth-order valence-electron chi connectivity index (χ4n) is 2.51. The molecule has 0 saturated carbocycles. The summed E-state index contributed by atoms with van der Waals surface area (Å²) in [5.41, 5.74) is 6.39. The van der Waals surface area contributed by atoms with Crippen LogP contribution < -0.4 is 11.4 Å². The molecule has 3 heterocycles. The molecule has 0 radical (unpaired) electrons. The maximum atomic E-state index is 12.9. The van der Waals surface area contributed by atoms with Crippen molar-refractivity contribution in [3.8, 4) is 16.9 Å². The zero-order chi connectivity index (χ0) is 18.7. The van der Waals surface area contributed by atoms with Gasteiger partial charge in [-0.25, -0.2) is 14.5 Å². The van der Waals surface area contributed by atoms with Crippen LogP contribution in [0.5, 0.6) is 0 Å². The van der Waals surface area contributed by atoms with E-state index >= 15 is 0 Å². The molecule has 0 fully saturated rings. The fraction of sp³-hybridized carbons (Fsp3) is 0.250. The number of nitrogens with two attached hydrogens (primary N) is 1. The van der Waals surface area contributed by atoms with Crippen LogP contribution in [-0.2, 0) is 13.0 Å². The van der Waals surface area contributed by atoms with E-state index in [0.717, 1.165) is 5.56 Å². The quantitative estimate of drug-likeness (QED) is 0.692. The van der Waals surface area contributed by atoms with Crippen LogP contribution in [0, 0.1) is 0 Å². The summed E-state index contributed by atoms with van der Waals surface area (Å²) in [6.45, 7) is 2.36. The number of aromatic nitrogens is 6. The van der Waals surface area contributed by atoms with E-state index in [2.05, 4.69) is 20.3 Å². The molecule has 0 aromatic carbocycles. The largest absolute Gasteiger partial charge is 0.347 e. The van der Waals surface area contributed by atoms with E-state index in [4.69, 9.17) is 5.73 Å². The summed E-state index contributed by atoms with van der Waals surface area (Å²) in [4.78, 5) is 16.4. The molecule has 0 aliphatic carbocycles. The summed E-state index contributed by atoms with van der Waals surface area (Å²) >= 11 is 0. The minimum atomic E-state index is -1.86. The van der Waals surface area contributed by atoms with Crippen LogP contribution in [-0.4, -0.2) is 36.1 Å². The average Bonchev–Trinajstić information content (AvgIpc) is 3.26. The van der Waals surface area contributed by atoms with Gasteiger partial charge in [0.2, 0.25) is 0 Å². The van der Waals surface area contributed by atoms with E-state index in [1.165, 1.54) is 10.8 Å². The van der Waals surface area contributed by atoms with Gasteiger partial charge in [-0.15, -0.1) is 0 Å². The Kier molecular flexibility index (Phi) is 5.03. The number of H-pyrrole nitrogens is 1. The van der Waals surface area contributed by atoms with Gasteiger partial charge in [-0.3, -0.25) is 9.67 Å². The number of aromatic amines is 1. The predicted octanol–water partition coefficient (Wildman–Crippen LogP) is 1.49. The van der Waals surface area contributed by atoms with Crippen molar-refractivity contribution in [3.63, 3.8) is 0 Å². The Morgan fingerprint density at radius 3 is 2.85 bits per heavy atom. The van der Waals surface area contributed by atoms with Gasteiger partial charge in [0.15, 0.2) is 0 Å². The smallest absolute Gasteiger partial charge is 0.327 e. The van der Waals surface area contributed by atoms with Crippen LogP contribution in [0.1, 0.15) is 12.7 Å². The molecule has 0 spiro atoms. The van der Waals surface area contributed by atoms with Crippen LogP contribution in [0.15, 0.2) is 47.2 Å². The Balaban J connectivity index is 2.02. The van der Waals surface area contributed by atoms with Crippen molar-refractivity contribution in [1.29, 1.82) is 0 Å². The molecule has 0 aliphatic rings. The molecule has 10 heteroatoms. The second-order valence-corrected chi connectivity index (χ2v) is 5.51. The molecule has 0 bridgehead atoms. The van der Waals surface area contributed by atoms with Crippen LogP contribution in [0.3, 0.4) is 0 Å². The molecule has 0 amide bonds. The summed E-state index contributed by atoms with van der Waals surface area (Å²) in [5, 5.41) is 10.3. The molecule has 0 saturated heterocycles. The third-order valence-electron chi connectivity index (χ3n) is 3.88. The maximum absolute atomic E-state index is 12.9. The van der Waals surface area contributed by atoms with Gasteiger partial charge in [-0.2, -0.15) is 19.0 Å². The molecule has 136 valence electrons.